The first-order valence-corrected chi connectivity index (χ1v) is 9.68. The molecule has 0 spiro atoms. The largest absolute Gasteiger partial charge is 0.354 e. The van der Waals surface area contributed by atoms with Crippen LogP contribution in [-0.4, -0.2) is 33.3 Å². The zero-order valence-electron chi connectivity index (χ0n) is 16.1. The van der Waals surface area contributed by atoms with E-state index in [4.69, 9.17) is 4.99 Å². The van der Waals surface area contributed by atoms with Crippen molar-refractivity contribution in [1.82, 2.24) is 25.4 Å². The van der Waals surface area contributed by atoms with Crippen molar-refractivity contribution in [2.45, 2.75) is 64.5 Å². The molecule has 0 aliphatic heterocycles. The highest BCUT2D eigenvalue weighted by Gasteiger charge is 2.32. The van der Waals surface area contributed by atoms with Crippen LogP contribution in [0.5, 0.6) is 0 Å². The molecule has 7 heteroatoms. The molecule has 1 heterocycles. The zero-order valence-corrected chi connectivity index (χ0v) is 18.4. The van der Waals surface area contributed by atoms with Gasteiger partial charge in [0.05, 0.1) is 0 Å². The Balaban J connectivity index is 0.00000243. The van der Waals surface area contributed by atoms with Crippen molar-refractivity contribution >= 4 is 29.9 Å². The molecule has 0 aromatic carbocycles. The van der Waals surface area contributed by atoms with E-state index in [0.29, 0.717) is 19.1 Å². The minimum absolute atomic E-state index is 0. The molecule has 2 saturated carbocycles. The Hall–Kier alpha value is -1.12. The van der Waals surface area contributed by atoms with Crippen LogP contribution < -0.4 is 10.6 Å². The van der Waals surface area contributed by atoms with E-state index in [2.05, 4.69) is 27.4 Å². The van der Waals surface area contributed by atoms with Crippen molar-refractivity contribution in [2.24, 2.45) is 23.9 Å². The summed E-state index contributed by atoms with van der Waals surface area (Å²) in [7, 11) is 1.98. The molecule has 2 aliphatic carbocycles. The molecule has 1 aromatic heterocycles. The van der Waals surface area contributed by atoms with Crippen molar-refractivity contribution in [2.75, 3.05) is 6.54 Å². The smallest absolute Gasteiger partial charge is 0.192 e. The fourth-order valence-electron chi connectivity index (χ4n) is 4.26. The molecule has 3 atom stereocenters. The van der Waals surface area contributed by atoms with Crippen molar-refractivity contribution in [3.05, 3.63) is 24.3 Å². The molecule has 2 aliphatic rings. The molecule has 1 aromatic rings. The van der Waals surface area contributed by atoms with Gasteiger partial charge in [0.2, 0.25) is 0 Å². The third-order valence-electron chi connectivity index (χ3n) is 5.86. The molecule has 146 valence electrons. The van der Waals surface area contributed by atoms with Crippen LogP contribution in [0.25, 0.3) is 0 Å². The zero-order chi connectivity index (χ0) is 17.6. The van der Waals surface area contributed by atoms with Crippen LogP contribution in [0.2, 0.25) is 0 Å². The fraction of sp³-hybridized carbons (Fsp3) is 0.737. The van der Waals surface area contributed by atoms with Gasteiger partial charge in [-0.1, -0.05) is 31.8 Å². The van der Waals surface area contributed by atoms with E-state index in [1.54, 1.807) is 0 Å². The molecule has 26 heavy (non-hydrogen) atoms. The fourth-order valence-corrected chi connectivity index (χ4v) is 4.26. The Morgan fingerprint density at radius 3 is 2.69 bits per heavy atom. The summed E-state index contributed by atoms with van der Waals surface area (Å²) in [5, 5.41) is 15.3. The second-order valence-corrected chi connectivity index (χ2v) is 7.52. The van der Waals surface area contributed by atoms with Crippen LogP contribution in [0.15, 0.2) is 17.6 Å². The van der Waals surface area contributed by atoms with Crippen LogP contribution in [-0.2, 0) is 13.6 Å². The summed E-state index contributed by atoms with van der Waals surface area (Å²) in [6.07, 6.45) is 11.5. The van der Waals surface area contributed by atoms with Gasteiger partial charge in [0, 0.05) is 19.6 Å². The SMILES string of the molecule is C=CCNC(=NCc1nnc(C)n1C)NC1CCC2CCCCC2C1.I. The molecular weight excluding hydrogens is 439 g/mol. The van der Waals surface area contributed by atoms with Gasteiger partial charge in [-0.25, -0.2) is 4.99 Å². The lowest BCUT2D eigenvalue weighted by Crippen LogP contribution is -2.47. The van der Waals surface area contributed by atoms with Gasteiger partial charge in [-0.05, 0) is 38.0 Å². The van der Waals surface area contributed by atoms with E-state index in [9.17, 15) is 0 Å². The van der Waals surface area contributed by atoms with Gasteiger partial charge >= 0.3 is 0 Å². The molecular formula is C19H33IN6. The van der Waals surface area contributed by atoms with Gasteiger partial charge in [0.1, 0.15) is 12.4 Å². The maximum absolute atomic E-state index is 4.73. The van der Waals surface area contributed by atoms with E-state index in [1.807, 2.05) is 24.6 Å². The molecule has 0 amide bonds. The lowest BCUT2D eigenvalue weighted by molar-refractivity contribution is 0.150. The molecule has 3 rings (SSSR count). The van der Waals surface area contributed by atoms with Crippen molar-refractivity contribution in [3.63, 3.8) is 0 Å². The lowest BCUT2D eigenvalue weighted by Gasteiger charge is -2.39. The number of halogens is 1. The third-order valence-corrected chi connectivity index (χ3v) is 5.86. The molecule has 3 unspecified atom stereocenters. The Labute approximate surface area is 174 Å². The standard InChI is InChI=1S/C19H32N6.HI/c1-4-11-20-19(21-13-18-24-23-14(2)25(18)3)22-17-10-9-15-7-5-6-8-16(15)12-17;/h4,15-17H,1,5-13H2,2-3H3,(H2,20,21,22);1H. The second-order valence-electron chi connectivity index (χ2n) is 7.52. The summed E-state index contributed by atoms with van der Waals surface area (Å²) >= 11 is 0. The third kappa shape index (κ3) is 5.44. The molecule has 0 bridgehead atoms. The summed E-state index contributed by atoms with van der Waals surface area (Å²) in [4.78, 5) is 4.73. The number of aromatic nitrogens is 3. The number of aliphatic imine (C=N–C) groups is 1. The minimum atomic E-state index is 0. The summed E-state index contributed by atoms with van der Waals surface area (Å²) in [5.74, 6) is 4.53. The molecule has 2 fully saturated rings. The van der Waals surface area contributed by atoms with Gasteiger partial charge < -0.3 is 15.2 Å². The Kier molecular flexibility index (Phi) is 8.37. The van der Waals surface area contributed by atoms with Crippen LogP contribution in [0.1, 0.15) is 56.6 Å². The monoisotopic (exact) mass is 472 g/mol. The highest BCUT2D eigenvalue weighted by molar-refractivity contribution is 14.0. The van der Waals surface area contributed by atoms with Crippen LogP contribution in [0.4, 0.5) is 0 Å². The second kappa shape index (κ2) is 10.3. The minimum Gasteiger partial charge on any atom is -0.354 e. The average molecular weight is 472 g/mol. The first-order valence-electron chi connectivity index (χ1n) is 9.68. The van der Waals surface area contributed by atoms with Gasteiger partial charge in [-0.2, -0.15) is 0 Å². The van der Waals surface area contributed by atoms with Crippen LogP contribution >= 0.6 is 24.0 Å². The van der Waals surface area contributed by atoms with E-state index >= 15 is 0 Å². The van der Waals surface area contributed by atoms with Crippen LogP contribution in [0.3, 0.4) is 0 Å². The molecule has 0 radical (unpaired) electrons. The first kappa shape index (κ1) is 21.2. The maximum Gasteiger partial charge on any atom is 0.192 e. The van der Waals surface area contributed by atoms with E-state index in [0.717, 1.165) is 29.4 Å². The Morgan fingerprint density at radius 2 is 2.00 bits per heavy atom. The average Bonchev–Trinajstić information content (AvgIpc) is 2.96. The van der Waals surface area contributed by atoms with E-state index < -0.39 is 0 Å². The van der Waals surface area contributed by atoms with Crippen molar-refractivity contribution in [3.8, 4) is 0 Å². The molecule has 0 saturated heterocycles. The van der Waals surface area contributed by atoms with Gasteiger partial charge in [-0.15, -0.1) is 40.8 Å². The Bertz CT molecular complexity index is 611. The number of rotatable bonds is 5. The number of fused-ring (bicyclic) bond motifs is 1. The number of hydrogen-bond donors (Lipinski definition) is 2. The summed E-state index contributed by atoms with van der Waals surface area (Å²) in [5.41, 5.74) is 0. The van der Waals surface area contributed by atoms with Crippen molar-refractivity contribution < 1.29 is 0 Å². The predicted molar refractivity (Wildman–Crippen MR) is 117 cm³/mol. The topological polar surface area (TPSA) is 67.1 Å². The first-order chi connectivity index (χ1) is 12.2. The summed E-state index contributed by atoms with van der Waals surface area (Å²) < 4.78 is 1.99. The number of nitrogens with one attached hydrogen (secondary N) is 2. The number of hydrogen-bond acceptors (Lipinski definition) is 3. The van der Waals surface area contributed by atoms with Gasteiger partial charge in [0.25, 0.3) is 0 Å². The summed E-state index contributed by atoms with van der Waals surface area (Å²) in [6, 6.07) is 0.525. The summed E-state index contributed by atoms with van der Waals surface area (Å²) in [6.45, 7) is 6.99. The Morgan fingerprint density at radius 1 is 1.23 bits per heavy atom. The highest BCUT2D eigenvalue weighted by Crippen LogP contribution is 2.40. The highest BCUT2D eigenvalue weighted by atomic mass is 127. The van der Waals surface area contributed by atoms with Gasteiger partial charge in [0.15, 0.2) is 11.8 Å². The van der Waals surface area contributed by atoms with Gasteiger partial charge in [-0.3, -0.25) is 0 Å². The number of nitrogens with zero attached hydrogens (tertiary/aromatic N) is 4. The lowest BCUT2D eigenvalue weighted by atomic mass is 9.69. The number of aryl methyl sites for hydroxylation is 1. The maximum atomic E-state index is 4.73. The number of guanidine groups is 1. The predicted octanol–water partition coefficient (Wildman–Crippen LogP) is 3.32. The van der Waals surface area contributed by atoms with E-state index in [-0.39, 0.29) is 24.0 Å². The van der Waals surface area contributed by atoms with E-state index in [1.165, 1.54) is 44.9 Å². The molecule has 2 N–H and O–H groups in total. The van der Waals surface area contributed by atoms with Crippen molar-refractivity contribution in [1.29, 1.82) is 0 Å². The normalized spacial score (nSPS) is 25.8. The van der Waals surface area contributed by atoms with Crippen LogP contribution in [0, 0.1) is 18.8 Å². The molecule has 6 nitrogen and oxygen atoms in total. The quantitative estimate of drug-likeness (QED) is 0.299.